The monoisotopic (exact) mass is 473 g/mol. The second kappa shape index (κ2) is 10.3. The molecule has 32 heavy (non-hydrogen) atoms. The Hall–Kier alpha value is -3.36. The summed E-state index contributed by atoms with van der Waals surface area (Å²) in [4.78, 5) is 24.8. The Morgan fingerprint density at radius 2 is 1.66 bits per heavy atom. The lowest BCUT2D eigenvalue weighted by Crippen LogP contribution is -2.22. The van der Waals surface area contributed by atoms with Crippen molar-refractivity contribution in [3.63, 3.8) is 0 Å². The molecule has 3 aromatic rings. The Morgan fingerprint density at radius 3 is 2.38 bits per heavy atom. The van der Waals surface area contributed by atoms with Crippen molar-refractivity contribution in [1.82, 2.24) is 0 Å². The molecular weight excluding hydrogens is 454 g/mol. The first-order valence-electron chi connectivity index (χ1n) is 9.46. The van der Waals surface area contributed by atoms with E-state index in [4.69, 9.17) is 21.1 Å². The molecule has 0 fully saturated rings. The van der Waals surface area contributed by atoms with Crippen LogP contribution >= 0.6 is 11.6 Å². The molecule has 0 unspecified atom stereocenters. The predicted molar refractivity (Wildman–Crippen MR) is 121 cm³/mol. The van der Waals surface area contributed by atoms with Gasteiger partial charge in [0.25, 0.3) is 5.91 Å². The number of anilines is 1. The number of hydrogen-bond donors (Lipinski definition) is 1. The Labute approximate surface area is 190 Å². The van der Waals surface area contributed by atoms with E-state index in [0.29, 0.717) is 11.3 Å². The molecule has 7 nitrogen and oxygen atoms in total. The first kappa shape index (κ1) is 23.3. The molecule has 0 saturated carbocycles. The second-order valence-corrected chi connectivity index (χ2v) is 9.22. The van der Waals surface area contributed by atoms with Gasteiger partial charge in [-0.3, -0.25) is 4.79 Å². The fraction of sp³-hybridized carbons (Fsp3) is 0.130. The molecule has 166 valence electrons. The third-order valence-electron chi connectivity index (χ3n) is 4.35. The number of rotatable bonds is 8. The van der Waals surface area contributed by atoms with E-state index in [1.807, 2.05) is 18.2 Å². The number of ether oxygens (including phenoxy) is 2. The van der Waals surface area contributed by atoms with Crippen molar-refractivity contribution in [2.75, 3.05) is 18.2 Å². The summed E-state index contributed by atoms with van der Waals surface area (Å²) in [5, 5.41) is 2.61. The van der Waals surface area contributed by atoms with Crippen molar-refractivity contribution in [3.05, 3.63) is 88.9 Å². The highest BCUT2D eigenvalue weighted by atomic mass is 35.5. The van der Waals surface area contributed by atoms with Crippen LogP contribution in [-0.2, 0) is 26.0 Å². The van der Waals surface area contributed by atoms with Crippen LogP contribution in [0.1, 0.15) is 15.9 Å². The number of halogens is 1. The highest BCUT2D eigenvalue weighted by molar-refractivity contribution is 7.90. The number of nitrogens with one attached hydrogen (secondary N) is 1. The lowest BCUT2D eigenvalue weighted by Gasteiger charge is -2.12. The molecule has 1 N–H and O–H groups in total. The van der Waals surface area contributed by atoms with Crippen LogP contribution in [-0.4, -0.2) is 33.2 Å². The summed E-state index contributed by atoms with van der Waals surface area (Å²) in [6.45, 7) is -0.429. The predicted octanol–water partition coefficient (Wildman–Crippen LogP) is 4.12. The molecule has 0 radical (unpaired) electrons. The number of esters is 1. The van der Waals surface area contributed by atoms with Crippen molar-refractivity contribution in [1.29, 1.82) is 0 Å². The summed E-state index contributed by atoms with van der Waals surface area (Å²) in [7, 11) is -3.48. The number of carbonyl (C=O) groups is 2. The zero-order valence-electron chi connectivity index (χ0n) is 17.1. The number of benzene rings is 3. The largest absolute Gasteiger partial charge is 0.489 e. The molecule has 9 heteroatoms. The molecule has 0 heterocycles. The molecule has 0 atom stereocenters. The van der Waals surface area contributed by atoms with E-state index in [9.17, 15) is 18.0 Å². The van der Waals surface area contributed by atoms with E-state index >= 15 is 0 Å². The molecule has 0 bridgehead atoms. The third kappa shape index (κ3) is 6.32. The number of hydrogen-bond acceptors (Lipinski definition) is 6. The van der Waals surface area contributed by atoms with Gasteiger partial charge < -0.3 is 14.8 Å². The van der Waals surface area contributed by atoms with Gasteiger partial charge in [-0.2, -0.15) is 0 Å². The highest BCUT2D eigenvalue weighted by Gasteiger charge is 2.16. The molecule has 0 aliphatic rings. The van der Waals surface area contributed by atoms with Gasteiger partial charge in [0.2, 0.25) is 0 Å². The van der Waals surface area contributed by atoms with Gasteiger partial charge in [0, 0.05) is 11.8 Å². The number of amides is 1. The average Bonchev–Trinajstić information content (AvgIpc) is 2.77. The van der Waals surface area contributed by atoms with E-state index in [1.165, 1.54) is 18.2 Å². The molecule has 3 rings (SSSR count). The summed E-state index contributed by atoms with van der Waals surface area (Å²) in [5.74, 6) is -0.699. The van der Waals surface area contributed by atoms with Crippen LogP contribution in [0.25, 0.3) is 0 Å². The molecule has 0 saturated heterocycles. The van der Waals surface area contributed by atoms with E-state index in [2.05, 4.69) is 5.32 Å². The van der Waals surface area contributed by atoms with E-state index in [1.54, 1.807) is 36.4 Å². The van der Waals surface area contributed by atoms with E-state index in [-0.39, 0.29) is 27.8 Å². The zero-order chi connectivity index (χ0) is 23.1. The summed E-state index contributed by atoms with van der Waals surface area (Å²) < 4.78 is 34.2. The maximum Gasteiger partial charge on any atom is 0.339 e. The van der Waals surface area contributed by atoms with Crippen LogP contribution in [0, 0.1) is 0 Å². The van der Waals surface area contributed by atoms with Gasteiger partial charge in [0.1, 0.15) is 12.4 Å². The van der Waals surface area contributed by atoms with Crippen molar-refractivity contribution in [3.8, 4) is 5.75 Å². The standard InChI is InChI=1S/C23H20ClNO6S/c1-32(28,29)18-11-12-20(24)21(13-18)25-22(26)15-31-23(27)19-10-6-5-7-16(19)14-30-17-8-3-2-4-9-17/h2-13H,14-15H2,1H3,(H,25,26). The number of para-hydroxylation sites is 1. The van der Waals surface area contributed by atoms with Crippen molar-refractivity contribution in [2.24, 2.45) is 0 Å². The first-order valence-corrected chi connectivity index (χ1v) is 11.7. The summed E-state index contributed by atoms with van der Waals surface area (Å²) in [6.07, 6.45) is 1.04. The van der Waals surface area contributed by atoms with Gasteiger partial charge in [0.05, 0.1) is 21.2 Å². The van der Waals surface area contributed by atoms with Crippen LogP contribution in [0.15, 0.2) is 77.7 Å². The topological polar surface area (TPSA) is 98.8 Å². The highest BCUT2D eigenvalue weighted by Crippen LogP contribution is 2.25. The van der Waals surface area contributed by atoms with E-state index in [0.717, 1.165) is 6.26 Å². The molecule has 0 aromatic heterocycles. The number of sulfone groups is 1. The Balaban J connectivity index is 1.62. The lowest BCUT2D eigenvalue weighted by atomic mass is 10.1. The molecule has 3 aromatic carbocycles. The van der Waals surface area contributed by atoms with Gasteiger partial charge >= 0.3 is 5.97 Å². The fourth-order valence-corrected chi connectivity index (χ4v) is 3.56. The van der Waals surface area contributed by atoms with Gasteiger partial charge in [-0.1, -0.05) is 48.0 Å². The number of carbonyl (C=O) groups excluding carboxylic acids is 2. The second-order valence-electron chi connectivity index (χ2n) is 6.80. The molecule has 0 aliphatic heterocycles. The molecular formula is C23H20ClNO6S. The minimum Gasteiger partial charge on any atom is -0.489 e. The van der Waals surface area contributed by atoms with Gasteiger partial charge in [0.15, 0.2) is 16.4 Å². The zero-order valence-corrected chi connectivity index (χ0v) is 18.7. The average molecular weight is 474 g/mol. The van der Waals surface area contributed by atoms with Crippen LogP contribution in [0.5, 0.6) is 5.75 Å². The maximum atomic E-state index is 12.5. The first-order chi connectivity index (χ1) is 15.2. The van der Waals surface area contributed by atoms with Crippen molar-refractivity contribution in [2.45, 2.75) is 11.5 Å². The van der Waals surface area contributed by atoms with Crippen LogP contribution in [0.2, 0.25) is 5.02 Å². The van der Waals surface area contributed by atoms with Gasteiger partial charge in [-0.15, -0.1) is 0 Å². The van der Waals surface area contributed by atoms with E-state index < -0.39 is 28.3 Å². The van der Waals surface area contributed by atoms with Crippen LogP contribution in [0.3, 0.4) is 0 Å². The normalized spacial score (nSPS) is 10.9. The third-order valence-corrected chi connectivity index (χ3v) is 5.79. The molecule has 0 aliphatic carbocycles. The maximum absolute atomic E-state index is 12.5. The Kier molecular flexibility index (Phi) is 7.50. The molecule has 0 spiro atoms. The smallest absolute Gasteiger partial charge is 0.339 e. The SMILES string of the molecule is CS(=O)(=O)c1ccc(Cl)c(NC(=O)COC(=O)c2ccccc2COc2ccccc2)c1. The van der Waals surface area contributed by atoms with Crippen molar-refractivity contribution < 1.29 is 27.5 Å². The minimum absolute atomic E-state index is 0.00142. The van der Waals surface area contributed by atoms with Crippen LogP contribution < -0.4 is 10.1 Å². The summed E-state index contributed by atoms with van der Waals surface area (Å²) in [5.41, 5.74) is 0.978. The lowest BCUT2D eigenvalue weighted by molar-refractivity contribution is -0.119. The Morgan fingerprint density at radius 1 is 0.969 bits per heavy atom. The Bertz CT molecular complexity index is 1230. The van der Waals surface area contributed by atoms with Gasteiger partial charge in [-0.05, 0) is 36.4 Å². The fourth-order valence-electron chi connectivity index (χ4n) is 2.75. The summed E-state index contributed by atoms with van der Waals surface area (Å²) >= 11 is 6.02. The molecule has 1 amide bonds. The van der Waals surface area contributed by atoms with Gasteiger partial charge in [-0.25, -0.2) is 13.2 Å². The minimum atomic E-state index is -3.48. The van der Waals surface area contributed by atoms with Crippen molar-refractivity contribution >= 4 is 39.0 Å². The quantitative estimate of drug-likeness (QED) is 0.494. The van der Waals surface area contributed by atoms with Crippen LogP contribution in [0.4, 0.5) is 5.69 Å². The summed E-state index contributed by atoms with van der Waals surface area (Å²) in [6, 6.07) is 19.9.